The molecule has 0 aliphatic carbocycles. The highest BCUT2D eigenvalue weighted by Crippen LogP contribution is 2.30. The van der Waals surface area contributed by atoms with Gasteiger partial charge in [0.2, 0.25) is 3.79 Å². The number of nitrogens with one attached hydrogen (secondary N) is 3. The van der Waals surface area contributed by atoms with Gasteiger partial charge in [0.25, 0.3) is 5.91 Å². The zero-order valence-electron chi connectivity index (χ0n) is 14.3. The molecule has 0 bridgehead atoms. The molecule has 156 valence electrons. The fourth-order valence-corrected chi connectivity index (χ4v) is 3.26. The van der Waals surface area contributed by atoms with Gasteiger partial charge < -0.3 is 20.7 Å². The Hall–Kier alpha value is -0.670. The number of rotatable bonds is 6. The van der Waals surface area contributed by atoms with Crippen molar-refractivity contribution in [2.75, 3.05) is 11.9 Å². The van der Waals surface area contributed by atoms with Gasteiger partial charge in [0.05, 0.1) is 5.02 Å². The summed E-state index contributed by atoms with van der Waals surface area (Å²) in [5, 5.41) is 9.04. The number of anilines is 1. The Bertz CT molecular complexity index is 880. The van der Waals surface area contributed by atoms with Crippen molar-refractivity contribution in [3.05, 3.63) is 57.0 Å². The van der Waals surface area contributed by atoms with Gasteiger partial charge in [-0.05, 0) is 54.7 Å². The number of thiocarbonyl (C=S) groups is 1. The van der Waals surface area contributed by atoms with Gasteiger partial charge >= 0.3 is 0 Å². The summed E-state index contributed by atoms with van der Waals surface area (Å²) in [4.78, 5) is 12.2. The van der Waals surface area contributed by atoms with E-state index in [1.54, 1.807) is 24.3 Å². The fourth-order valence-electron chi connectivity index (χ4n) is 1.97. The molecule has 0 heterocycles. The van der Waals surface area contributed by atoms with Crippen LogP contribution in [0.2, 0.25) is 10.0 Å². The molecule has 3 N–H and O–H groups in total. The second-order valence-electron chi connectivity index (χ2n) is 5.51. The Kier molecular flexibility index (Phi) is 9.41. The first-order valence-corrected chi connectivity index (χ1v) is 10.9. The number of ether oxygens (including phenoxy) is 1. The third kappa shape index (κ3) is 8.53. The highest BCUT2D eigenvalue weighted by Gasteiger charge is 2.34. The molecule has 0 aliphatic heterocycles. The molecule has 2 aromatic carbocycles. The maximum absolute atomic E-state index is 12.2. The van der Waals surface area contributed by atoms with Crippen molar-refractivity contribution < 1.29 is 9.53 Å². The molecule has 2 rings (SSSR count). The summed E-state index contributed by atoms with van der Waals surface area (Å²) in [7, 11) is 0. The first-order chi connectivity index (χ1) is 13.5. The van der Waals surface area contributed by atoms with Gasteiger partial charge in [-0.3, -0.25) is 4.79 Å². The van der Waals surface area contributed by atoms with E-state index in [-0.39, 0.29) is 22.5 Å². The van der Waals surface area contributed by atoms with E-state index < -0.39 is 15.9 Å². The van der Waals surface area contributed by atoms with Crippen LogP contribution in [0.4, 0.5) is 5.69 Å². The summed E-state index contributed by atoms with van der Waals surface area (Å²) in [5.74, 6) is -0.275. The number of alkyl halides is 3. The molecule has 0 radical (unpaired) electrons. The van der Waals surface area contributed by atoms with Crippen molar-refractivity contribution in [3.63, 3.8) is 0 Å². The summed E-state index contributed by atoms with van der Waals surface area (Å²) in [6, 6.07) is 11.9. The third-order valence-electron chi connectivity index (χ3n) is 3.26. The summed E-state index contributed by atoms with van der Waals surface area (Å²) < 4.78 is 4.39. The Balaban J connectivity index is 1.94. The molecule has 1 amide bonds. The topological polar surface area (TPSA) is 62.4 Å². The predicted molar refractivity (Wildman–Crippen MR) is 128 cm³/mol. The molecule has 0 spiro atoms. The third-order valence-corrected chi connectivity index (χ3v) is 5.20. The molecule has 12 heteroatoms. The van der Waals surface area contributed by atoms with E-state index in [0.29, 0.717) is 10.7 Å². The highest BCUT2D eigenvalue weighted by molar-refractivity contribution is 9.10. The number of hydrogen-bond donors (Lipinski definition) is 3. The van der Waals surface area contributed by atoms with Crippen LogP contribution >= 0.6 is 86.2 Å². The van der Waals surface area contributed by atoms with Gasteiger partial charge in [0.15, 0.2) is 11.7 Å². The van der Waals surface area contributed by atoms with Crippen molar-refractivity contribution in [2.45, 2.75) is 9.96 Å². The monoisotopic (exact) mass is 577 g/mol. The highest BCUT2D eigenvalue weighted by atomic mass is 79.9. The van der Waals surface area contributed by atoms with E-state index in [9.17, 15) is 4.79 Å². The van der Waals surface area contributed by atoms with Crippen molar-refractivity contribution >= 4 is 103 Å². The molecule has 0 aliphatic rings. The second kappa shape index (κ2) is 11.1. The molecule has 1 atom stereocenters. The standard InChI is InChI=1S/C17H13BrCl5N3O2S/c18-9-1-4-11(5-2-9)24-16(29)26-15(17(21,22)23)25-14(27)8-28-13-6-3-10(19)7-12(13)20/h1-7,15H,8H2,(H,25,27)(H2,24,26,29)/t15-/m0/s1. The van der Waals surface area contributed by atoms with Crippen molar-refractivity contribution in [1.82, 2.24) is 10.6 Å². The van der Waals surface area contributed by atoms with Crippen LogP contribution in [-0.2, 0) is 4.79 Å². The molecule has 0 fully saturated rings. The molecular weight excluding hydrogens is 567 g/mol. The number of carbonyl (C=O) groups is 1. The molecule has 0 aromatic heterocycles. The Morgan fingerprint density at radius 1 is 1.10 bits per heavy atom. The summed E-state index contributed by atoms with van der Waals surface area (Å²) in [6.07, 6.45) is -1.13. The zero-order valence-corrected chi connectivity index (χ0v) is 20.5. The molecule has 2 aromatic rings. The van der Waals surface area contributed by atoms with E-state index in [4.69, 9.17) is 75.0 Å². The van der Waals surface area contributed by atoms with Crippen LogP contribution < -0.4 is 20.7 Å². The number of halogens is 6. The molecule has 0 unspecified atom stereocenters. The largest absolute Gasteiger partial charge is 0.482 e. The van der Waals surface area contributed by atoms with E-state index in [1.807, 2.05) is 12.1 Å². The Labute approximate surface area is 206 Å². The minimum absolute atomic E-state index is 0.144. The molecule has 5 nitrogen and oxygen atoms in total. The molecule has 0 saturated heterocycles. The van der Waals surface area contributed by atoms with Crippen LogP contribution in [0.1, 0.15) is 0 Å². The minimum Gasteiger partial charge on any atom is -0.482 e. The lowest BCUT2D eigenvalue weighted by Crippen LogP contribution is -2.56. The maximum atomic E-state index is 12.2. The maximum Gasteiger partial charge on any atom is 0.259 e. The van der Waals surface area contributed by atoms with Gasteiger partial charge in [-0.2, -0.15) is 0 Å². The van der Waals surface area contributed by atoms with Gasteiger partial charge in [-0.15, -0.1) is 0 Å². The number of benzene rings is 2. The summed E-state index contributed by atoms with van der Waals surface area (Å²) in [5.41, 5.74) is 0.709. The second-order valence-corrected chi connectivity index (χ2v) is 10.0. The summed E-state index contributed by atoms with van der Waals surface area (Å²) >= 11 is 38.2. The van der Waals surface area contributed by atoms with Crippen LogP contribution in [0.3, 0.4) is 0 Å². The summed E-state index contributed by atoms with van der Waals surface area (Å²) in [6.45, 7) is -0.368. The molecule has 29 heavy (non-hydrogen) atoms. The predicted octanol–water partition coefficient (Wildman–Crippen LogP) is 5.93. The number of amides is 1. The van der Waals surface area contributed by atoms with Gasteiger partial charge in [-0.25, -0.2) is 0 Å². The first-order valence-electron chi connectivity index (χ1n) is 7.81. The minimum atomic E-state index is -1.89. The van der Waals surface area contributed by atoms with Gasteiger partial charge in [-0.1, -0.05) is 73.9 Å². The molecular formula is C17H13BrCl5N3O2S. The average molecular weight is 581 g/mol. The van der Waals surface area contributed by atoms with E-state index >= 15 is 0 Å². The first kappa shape index (κ1) is 24.6. The van der Waals surface area contributed by atoms with E-state index in [0.717, 1.165) is 4.47 Å². The Morgan fingerprint density at radius 3 is 2.34 bits per heavy atom. The smallest absolute Gasteiger partial charge is 0.259 e. The van der Waals surface area contributed by atoms with Crippen LogP contribution in [0.15, 0.2) is 46.9 Å². The van der Waals surface area contributed by atoms with E-state index in [2.05, 4.69) is 31.9 Å². The van der Waals surface area contributed by atoms with Crippen LogP contribution in [0, 0.1) is 0 Å². The van der Waals surface area contributed by atoms with Crippen LogP contribution in [-0.4, -0.2) is 27.6 Å². The fraction of sp³-hybridized carbons (Fsp3) is 0.176. The zero-order chi connectivity index (χ0) is 21.6. The van der Waals surface area contributed by atoms with Gasteiger partial charge in [0, 0.05) is 15.2 Å². The quantitative estimate of drug-likeness (QED) is 0.225. The normalized spacial score (nSPS) is 12.1. The van der Waals surface area contributed by atoms with Crippen LogP contribution in [0.25, 0.3) is 0 Å². The Morgan fingerprint density at radius 2 is 1.76 bits per heavy atom. The van der Waals surface area contributed by atoms with Crippen molar-refractivity contribution in [2.24, 2.45) is 0 Å². The van der Waals surface area contributed by atoms with Gasteiger partial charge in [0.1, 0.15) is 11.9 Å². The lowest BCUT2D eigenvalue weighted by Gasteiger charge is -2.27. The lowest BCUT2D eigenvalue weighted by atomic mass is 10.3. The van der Waals surface area contributed by atoms with E-state index in [1.165, 1.54) is 6.07 Å². The number of hydrogen-bond acceptors (Lipinski definition) is 3. The lowest BCUT2D eigenvalue weighted by molar-refractivity contribution is -0.123. The molecule has 0 saturated carbocycles. The average Bonchev–Trinajstić information content (AvgIpc) is 2.61. The number of carbonyl (C=O) groups excluding carboxylic acids is 1. The van der Waals surface area contributed by atoms with Crippen molar-refractivity contribution in [1.29, 1.82) is 0 Å². The van der Waals surface area contributed by atoms with Crippen LogP contribution in [0.5, 0.6) is 5.75 Å². The SMILES string of the molecule is O=C(COc1ccc(Cl)cc1Cl)N[C@@H](NC(=S)Nc1ccc(Br)cc1)C(Cl)(Cl)Cl. The van der Waals surface area contributed by atoms with Crippen molar-refractivity contribution in [3.8, 4) is 5.75 Å².